The van der Waals surface area contributed by atoms with Crippen molar-refractivity contribution in [2.75, 3.05) is 29.9 Å². The second kappa shape index (κ2) is 7.85. The Balaban J connectivity index is 1.62. The molecule has 0 aliphatic carbocycles. The Kier molecular flexibility index (Phi) is 5.42. The highest BCUT2D eigenvalue weighted by molar-refractivity contribution is 7.91. The van der Waals surface area contributed by atoms with Crippen LogP contribution in [0.25, 0.3) is 10.2 Å². The van der Waals surface area contributed by atoms with E-state index in [1.54, 1.807) is 0 Å². The molecular formula is C21H23N3O3S2. The Morgan fingerprint density at radius 2 is 1.83 bits per heavy atom. The molecule has 1 N–H and O–H groups in total. The number of carbonyl (C=O) groups is 1. The topological polar surface area (TPSA) is 79.4 Å². The largest absolute Gasteiger partial charge is 0.300 e. The number of benzene rings is 2. The Morgan fingerprint density at radius 3 is 2.52 bits per heavy atom. The van der Waals surface area contributed by atoms with E-state index in [0.29, 0.717) is 18.2 Å². The molecule has 6 nitrogen and oxygen atoms in total. The number of rotatable bonds is 4. The van der Waals surface area contributed by atoms with Crippen LogP contribution in [0.4, 0.5) is 5.13 Å². The predicted octanol–water partition coefficient (Wildman–Crippen LogP) is 3.32. The lowest BCUT2D eigenvalue weighted by Gasteiger charge is -2.33. The molecule has 0 spiro atoms. The Hall–Kier alpha value is -2.29. The number of fused-ring (bicyclic) bond motifs is 1. The van der Waals surface area contributed by atoms with Gasteiger partial charge in [0.25, 0.3) is 0 Å². The van der Waals surface area contributed by atoms with Gasteiger partial charge in [0.05, 0.1) is 21.7 Å². The van der Waals surface area contributed by atoms with Crippen molar-refractivity contribution in [1.29, 1.82) is 0 Å². The van der Waals surface area contributed by atoms with E-state index >= 15 is 0 Å². The van der Waals surface area contributed by atoms with E-state index in [1.165, 1.54) is 11.3 Å². The minimum Gasteiger partial charge on any atom is -0.300 e. The standard InChI is InChI=1S/C21H23N3O3S2/c1-14-12-15(2)18-17(13-14)28-21(22-18)23-20(25)19(16-6-4-3-5-7-16)24-8-10-29(26,27)11-9-24/h3-7,12-13,19H,8-11H2,1-2H3,(H,22,23,25). The summed E-state index contributed by atoms with van der Waals surface area (Å²) in [4.78, 5) is 19.8. The van der Waals surface area contributed by atoms with Crippen LogP contribution in [0.2, 0.25) is 0 Å². The summed E-state index contributed by atoms with van der Waals surface area (Å²) in [6.45, 7) is 4.74. The van der Waals surface area contributed by atoms with Gasteiger partial charge in [-0.15, -0.1) is 0 Å². The van der Waals surface area contributed by atoms with Gasteiger partial charge in [-0.3, -0.25) is 9.69 Å². The highest BCUT2D eigenvalue weighted by atomic mass is 32.2. The number of thiazole rings is 1. The van der Waals surface area contributed by atoms with Crippen molar-refractivity contribution in [3.63, 3.8) is 0 Å². The molecule has 29 heavy (non-hydrogen) atoms. The van der Waals surface area contributed by atoms with Gasteiger partial charge < -0.3 is 5.32 Å². The maximum Gasteiger partial charge on any atom is 0.248 e. The molecule has 1 aromatic heterocycles. The summed E-state index contributed by atoms with van der Waals surface area (Å²) in [5.41, 5.74) is 3.99. The third-order valence-corrected chi connectivity index (χ3v) is 7.69. The van der Waals surface area contributed by atoms with E-state index in [2.05, 4.69) is 22.4 Å². The summed E-state index contributed by atoms with van der Waals surface area (Å²) in [5, 5.41) is 3.53. The van der Waals surface area contributed by atoms with Crippen molar-refractivity contribution in [3.05, 3.63) is 59.2 Å². The normalized spacial score (nSPS) is 17.9. The van der Waals surface area contributed by atoms with Crippen LogP contribution in [0, 0.1) is 13.8 Å². The van der Waals surface area contributed by atoms with E-state index in [9.17, 15) is 13.2 Å². The molecule has 1 atom stereocenters. The van der Waals surface area contributed by atoms with Crippen LogP contribution in [0.1, 0.15) is 22.7 Å². The van der Waals surface area contributed by atoms with Gasteiger partial charge in [-0.2, -0.15) is 0 Å². The van der Waals surface area contributed by atoms with Crippen molar-refractivity contribution in [2.24, 2.45) is 0 Å². The fraction of sp³-hybridized carbons (Fsp3) is 0.333. The molecule has 3 aromatic rings. The zero-order chi connectivity index (χ0) is 20.6. The molecule has 1 unspecified atom stereocenters. The fourth-order valence-electron chi connectivity index (χ4n) is 3.75. The first-order valence-electron chi connectivity index (χ1n) is 9.50. The maximum atomic E-state index is 13.3. The SMILES string of the molecule is Cc1cc(C)c2nc(NC(=O)C(c3ccccc3)N3CCS(=O)(=O)CC3)sc2c1. The van der Waals surface area contributed by atoms with Crippen LogP contribution in [0.3, 0.4) is 0 Å². The van der Waals surface area contributed by atoms with E-state index in [4.69, 9.17) is 0 Å². The molecular weight excluding hydrogens is 406 g/mol. The molecule has 4 rings (SSSR count). The van der Waals surface area contributed by atoms with Gasteiger partial charge in [0.2, 0.25) is 5.91 Å². The average Bonchev–Trinajstić information content (AvgIpc) is 3.07. The lowest BCUT2D eigenvalue weighted by molar-refractivity contribution is -0.121. The van der Waals surface area contributed by atoms with Crippen LogP contribution < -0.4 is 5.32 Å². The fourth-order valence-corrected chi connectivity index (χ4v) is 6.02. The smallest absolute Gasteiger partial charge is 0.248 e. The Morgan fingerprint density at radius 1 is 1.14 bits per heavy atom. The van der Waals surface area contributed by atoms with E-state index < -0.39 is 15.9 Å². The molecule has 0 saturated carbocycles. The quantitative estimate of drug-likeness (QED) is 0.688. The minimum atomic E-state index is -3.03. The predicted molar refractivity (Wildman–Crippen MR) is 117 cm³/mol. The molecule has 0 radical (unpaired) electrons. The zero-order valence-corrected chi connectivity index (χ0v) is 18.0. The molecule has 1 fully saturated rings. The first-order chi connectivity index (χ1) is 13.8. The van der Waals surface area contributed by atoms with Crippen molar-refractivity contribution < 1.29 is 13.2 Å². The molecule has 1 aliphatic rings. The number of aromatic nitrogens is 1. The highest BCUT2D eigenvalue weighted by Gasteiger charge is 2.33. The average molecular weight is 430 g/mol. The van der Waals surface area contributed by atoms with E-state index in [-0.39, 0.29) is 17.4 Å². The van der Waals surface area contributed by atoms with Gasteiger partial charge in [-0.1, -0.05) is 47.7 Å². The van der Waals surface area contributed by atoms with Crippen molar-refractivity contribution in [3.8, 4) is 0 Å². The number of aryl methyl sites for hydroxylation is 2. The van der Waals surface area contributed by atoms with Crippen LogP contribution in [0.15, 0.2) is 42.5 Å². The highest BCUT2D eigenvalue weighted by Crippen LogP contribution is 2.31. The lowest BCUT2D eigenvalue weighted by atomic mass is 10.0. The van der Waals surface area contributed by atoms with Crippen molar-refractivity contribution >= 4 is 42.4 Å². The van der Waals surface area contributed by atoms with Gasteiger partial charge in [-0.05, 0) is 36.6 Å². The maximum absolute atomic E-state index is 13.3. The Labute approximate surface area is 174 Å². The number of sulfone groups is 1. The van der Waals surface area contributed by atoms with Crippen LogP contribution >= 0.6 is 11.3 Å². The summed E-state index contributed by atoms with van der Waals surface area (Å²) in [6.07, 6.45) is 0. The van der Waals surface area contributed by atoms with Gasteiger partial charge in [0, 0.05) is 13.1 Å². The van der Waals surface area contributed by atoms with Crippen LogP contribution in [-0.4, -0.2) is 48.8 Å². The molecule has 2 aromatic carbocycles. The number of amides is 1. The third-order valence-electron chi connectivity index (χ3n) is 5.17. The number of nitrogens with zero attached hydrogens (tertiary/aromatic N) is 2. The van der Waals surface area contributed by atoms with Crippen molar-refractivity contribution in [1.82, 2.24) is 9.88 Å². The molecule has 1 aliphatic heterocycles. The number of anilines is 1. The van der Waals surface area contributed by atoms with E-state index in [1.807, 2.05) is 49.1 Å². The summed E-state index contributed by atoms with van der Waals surface area (Å²) in [6, 6.07) is 13.1. The molecule has 0 bridgehead atoms. The molecule has 8 heteroatoms. The molecule has 1 amide bonds. The van der Waals surface area contributed by atoms with Gasteiger partial charge in [0.15, 0.2) is 15.0 Å². The first kappa shape index (κ1) is 20.0. The minimum absolute atomic E-state index is 0.0726. The van der Waals surface area contributed by atoms with Gasteiger partial charge in [-0.25, -0.2) is 13.4 Å². The Bertz CT molecular complexity index is 1140. The third kappa shape index (κ3) is 4.34. The summed E-state index contributed by atoms with van der Waals surface area (Å²) in [7, 11) is -3.03. The lowest BCUT2D eigenvalue weighted by Crippen LogP contribution is -2.46. The zero-order valence-electron chi connectivity index (χ0n) is 16.4. The second-order valence-corrected chi connectivity index (χ2v) is 10.8. The monoisotopic (exact) mass is 429 g/mol. The number of hydrogen-bond donors (Lipinski definition) is 1. The summed E-state index contributed by atoms with van der Waals surface area (Å²) in [5.74, 6) is -0.0455. The molecule has 2 heterocycles. The van der Waals surface area contributed by atoms with Gasteiger partial charge >= 0.3 is 0 Å². The number of hydrogen-bond acceptors (Lipinski definition) is 6. The van der Waals surface area contributed by atoms with Crippen molar-refractivity contribution in [2.45, 2.75) is 19.9 Å². The number of carbonyl (C=O) groups excluding carboxylic acids is 1. The first-order valence-corrected chi connectivity index (χ1v) is 12.1. The molecule has 1 saturated heterocycles. The van der Waals surface area contributed by atoms with E-state index in [0.717, 1.165) is 26.9 Å². The van der Waals surface area contributed by atoms with Crippen LogP contribution in [-0.2, 0) is 14.6 Å². The summed E-state index contributed by atoms with van der Waals surface area (Å²) < 4.78 is 24.7. The van der Waals surface area contributed by atoms with Gasteiger partial charge in [0.1, 0.15) is 6.04 Å². The molecule has 152 valence electrons. The van der Waals surface area contributed by atoms with Crippen LogP contribution in [0.5, 0.6) is 0 Å². The number of nitrogens with one attached hydrogen (secondary N) is 1. The second-order valence-electron chi connectivity index (χ2n) is 7.44. The summed E-state index contributed by atoms with van der Waals surface area (Å²) >= 11 is 1.46.